The lowest BCUT2D eigenvalue weighted by Crippen LogP contribution is -2.48. The number of benzene rings is 3. The smallest absolute Gasteiger partial charge is 0.407 e. The van der Waals surface area contributed by atoms with Crippen LogP contribution in [0.4, 0.5) is 27.6 Å². The first-order valence-corrected chi connectivity index (χ1v) is 38.9. The van der Waals surface area contributed by atoms with Gasteiger partial charge in [0.05, 0.1) is 54.7 Å². The summed E-state index contributed by atoms with van der Waals surface area (Å²) < 4.78 is 73.0. The number of alkyl carbamates (subject to hydrolysis) is 3. The van der Waals surface area contributed by atoms with E-state index in [1.807, 2.05) is 93.6 Å². The molecule has 3 N–H and O–H groups in total. The van der Waals surface area contributed by atoms with Crippen molar-refractivity contribution in [1.29, 1.82) is 0 Å². The second kappa shape index (κ2) is 34.7. The summed E-state index contributed by atoms with van der Waals surface area (Å²) in [6.07, 6.45) is 27.2. The molecule has 0 bridgehead atoms. The van der Waals surface area contributed by atoms with Gasteiger partial charge in [0.1, 0.15) is 35.8 Å². The second-order valence-electron chi connectivity index (χ2n) is 30.8. The average Bonchev–Trinajstić information content (AvgIpc) is 1.54. The van der Waals surface area contributed by atoms with E-state index in [1.54, 1.807) is 57.6 Å². The summed E-state index contributed by atoms with van der Waals surface area (Å²) in [5, 5.41) is 9.00. The SMILES string of the molecule is CCOC(=O)N[C@H]1CC[C@H]2[C@@H](C1)C[C@@H]1C(=O)O[C@@H](C)[C@H]1[C@H]2/C=C/c1ccc(-c2cccc(F)c2)cn1.CCOC(=O)N[C@H]1CC[C@H]2[C@@H](C1)C[C@@H]1C(=O)O[C@H](C)[C@@H]1[C@H]2/C=C/c1ccc(-c2cccc(F)c2)cn1.CCOC(=O)N[C@H]1CC[C@H]2[C@@H](C1)C[C@H]1C(=O)O[C@@H](C)[C@H]1[C@H]2/C=C/c1ccc(-c2cccc(F)c2)cn1. The summed E-state index contributed by atoms with van der Waals surface area (Å²) in [7, 11) is 0. The molecule has 21 heteroatoms. The van der Waals surface area contributed by atoms with E-state index in [1.165, 1.54) is 36.4 Å². The Labute approximate surface area is 630 Å². The maximum absolute atomic E-state index is 13.6. The van der Waals surface area contributed by atoms with Crippen molar-refractivity contribution in [3.63, 3.8) is 0 Å². The third-order valence-electron chi connectivity index (χ3n) is 24.5. The van der Waals surface area contributed by atoms with E-state index in [0.29, 0.717) is 55.3 Å². The first-order chi connectivity index (χ1) is 52.3. The maximum atomic E-state index is 13.6. The average molecular weight is 1480 g/mol. The van der Waals surface area contributed by atoms with E-state index in [0.717, 1.165) is 128 Å². The number of fused-ring (bicyclic) bond motifs is 6. The minimum atomic E-state index is -0.368. The highest BCUT2D eigenvalue weighted by Crippen LogP contribution is 2.57. The van der Waals surface area contributed by atoms with E-state index in [-0.39, 0.29) is 143 Å². The number of hydrogen-bond donors (Lipinski definition) is 3. The van der Waals surface area contributed by atoms with Gasteiger partial charge < -0.3 is 44.4 Å². The van der Waals surface area contributed by atoms with E-state index in [4.69, 9.17) is 28.4 Å². The quantitative estimate of drug-likeness (QED) is 0.0641. The van der Waals surface area contributed by atoms with Gasteiger partial charge in [0, 0.05) is 71.2 Å². The Morgan fingerprint density at radius 1 is 0.407 bits per heavy atom. The minimum Gasteiger partial charge on any atom is -0.462 e. The fourth-order valence-electron chi connectivity index (χ4n) is 19.9. The number of cyclic esters (lactones) is 3. The number of carbonyl (C=O) groups excluding carboxylic acids is 6. The molecular formula is C87H99F3N6O12. The molecule has 3 saturated heterocycles. The van der Waals surface area contributed by atoms with Crippen LogP contribution in [0.25, 0.3) is 51.6 Å². The Balaban J connectivity index is 0.000000143. The molecule has 21 atom stereocenters. The molecule has 0 spiro atoms. The van der Waals surface area contributed by atoms with E-state index in [9.17, 15) is 41.9 Å². The Morgan fingerprint density at radius 2 is 0.694 bits per heavy atom. The van der Waals surface area contributed by atoms with Crippen molar-refractivity contribution in [2.24, 2.45) is 88.8 Å². The summed E-state index contributed by atoms with van der Waals surface area (Å²) in [6, 6.07) is 31.3. The van der Waals surface area contributed by atoms with Gasteiger partial charge in [-0.3, -0.25) is 29.3 Å². The normalized spacial score (nSPS) is 31.4. The molecule has 3 aliphatic heterocycles. The number of allylic oxidation sites excluding steroid dienone is 3. The first kappa shape index (κ1) is 76.5. The molecule has 3 amide bonds. The molecule has 6 heterocycles. The van der Waals surface area contributed by atoms with Gasteiger partial charge in [-0.15, -0.1) is 0 Å². The predicted octanol–water partition coefficient (Wildman–Crippen LogP) is 16.9. The Hall–Kier alpha value is -9.66. The Bertz CT molecular complexity index is 3830. The molecule has 9 fully saturated rings. The number of halogens is 3. The van der Waals surface area contributed by atoms with Gasteiger partial charge in [0.25, 0.3) is 0 Å². The van der Waals surface area contributed by atoms with Crippen LogP contribution < -0.4 is 16.0 Å². The van der Waals surface area contributed by atoms with Crippen molar-refractivity contribution in [1.82, 2.24) is 30.9 Å². The lowest BCUT2D eigenvalue weighted by atomic mass is 9.57. The maximum Gasteiger partial charge on any atom is 0.407 e. The van der Waals surface area contributed by atoms with Crippen LogP contribution in [0.1, 0.15) is 136 Å². The number of nitrogens with one attached hydrogen (secondary N) is 3. The monoisotopic (exact) mass is 1480 g/mol. The van der Waals surface area contributed by atoms with Crippen molar-refractivity contribution in [3.8, 4) is 33.4 Å². The van der Waals surface area contributed by atoms with Crippen LogP contribution in [0.5, 0.6) is 0 Å². The van der Waals surface area contributed by atoms with Crippen LogP contribution in [-0.2, 0) is 42.8 Å². The molecule has 108 heavy (non-hydrogen) atoms. The molecule has 0 radical (unpaired) electrons. The number of amides is 3. The molecule has 0 unspecified atom stereocenters. The lowest BCUT2D eigenvalue weighted by Gasteiger charge is -2.47. The fraction of sp³-hybridized carbons (Fsp3) is 0.483. The summed E-state index contributed by atoms with van der Waals surface area (Å²) in [6.45, 7) is 12.5. The molecule has 6 saturated carbocycles. The number of aromatic nitrogens is 3. The molecule has 9 aliphatic rings. The van der Waals surface area contributed by atoms with Gasteiger partial charge in [-0.2, -0.15) is 0 Å². The van der Waals surface area contributed by atoms with Gasteiger partial charge in [0.2, 0.25) is 0 Å². The molecule has 570 valence electrons. The molecule has 18 nitrogen and oxygen atoms in total. The van der Waals surface area contributed by atoms with Gasteiger partial charge in [0.15, 0.2) is 0 Å². The van der Waals surface area contributed by atoms with Gasteiger partial charge in [-0.1, -0.05) is 72.8 Å². The summed E-state index contributed by atoms with van der Waals surface area (Å²) in [5.74, 6) is 1.89. The van der Waals surface area contributed by atoms with Gasteiger partial charge >= 0.3 is 36.2 Å². The zero-order valence-electron chi connectivity index (χ0n) is 62.2. The van der Waals surface area contributed by atoms with Crippen molar-refractivity contribution < 1.29 is 70.4 Å². The van der Waals surface area contributed by atoms with Crippen LogP contribution >= 0.6 is 0 Å². The zero-order chi connectivity index (χ0) is 75.7. The molecule has 6 aliphatic carbocycles. The van der Waals surface area contributed by atoms with E-state index < -0.39 is 0 Å². The summed E-state index contributed by atoms with van der Waals surface area (Å²) in [4.78, 5) is 87.7. The zero-order valence-corrected chi connectivity index (χ0v) is 62.2. The first-order valence-electron chi connectivity index (χ1n) is 38.9. The number of nitrogens with zero attached hydrogens (tertiary/aromatic N) is 3. The standard InChI is InChI=1S/3C29H33FN2O4/c3*1-3-35-29(34)32-23-10-11-24-20(14-23)15-26-27(17(2)36-28(26)33)25(24)12-9-22-8-7-19(16-31-22)18-5-4-6-21(30)13-18/h3*4-9,12-13,16-17,20,23-27H,3,10-11,14-15H2,1-2H3,(H,32,34)/b3*12-9+/t17-,20+,23+,24+,25+,26+,27-;17-,20-,23-,24-,25-,26+,27-;17-,20-,23-,24-,25-,26-,27-/m100/s1. The fourth-order valence-corrected chi connectivity index (χ4v) is 19.9. The number of carbonyl (C=O) groups is 6. The van der Waals surface area contributed by atoms with E-state index >= 15 is 0 Å². The van der Waals surface area contributed by atoms with Crippen LogP contribution in [0.2, 0.25) is 0 Å². The number of hydrogen-bond acceptors (Lipinski definition) is 15. The van der Waals surface area contributed by atoms with Gasteiger partial charge in [-0.25, -0.2) is 27.6 Å². The molecule has 6 aromatic rings. The van der Waals surface area contributed by atoms with Crippen molar-refractivity contribution >= 4 is 54.4 Å². The Morgan fingerprint density at radius 3 is 0.944 bits per heavy atom. The van der Waals surface area contributed by atoms with Crippen LogP contribution in [0.15, 0.2) is 146 Å². The minimum absolute atomic E-state index is 0.0679. The van der Waals surface area contributed by atoms with E-state index in [2.05, 4.69) is 49.1 Å². The topological polar surface area (TPSA) is 233 Å². The molecule has 3 aromatic heterocycles. The number of rotatable bonds is 15. The highest BCUT2D eigenvalue weighted by Gasteiger charge is 2.58. The van der Waals surface area contributed by atoms with Crippen LogP contribution in [0.3, 0.4) is 0 Å². The van der Waals surface area contributed by atoms with Crippen molar-refractivity contribution in [2.75, 3.05) is 19.8 Å². The highest BCUT2D eigenvalue weighted by molar-refractivity contribution is 5.78. The van der Waals surface area contributed by atoms with Crippen molar-refractivity contribution in [3.05, 3.63) is 181 Å². The summed E-state index contributed by atoms with van der Waals surface area (Å²) >= 11 is 0. The number of pyridine rings is 3. The number of esters is 3. The van der Waals surface area contributed by atoms with Crippen LogP contribution in [0, 0.1) is 106 Å². The molecule has 3 aromatic carbocycles. The predicted molar refractivity (Wildman–Crippen MR) is 402 cm³/mol. The van der Waals surface area contributed by atoms with Crippen molar-refractivity contribution in [2.45, 2.75) is 155 Å². The molecule has 15 rings (SSSR count). The summed E-state index contributed by atoms with van der Waals surface area (Å²) in [5.41, 5.74) is 7.43. The Kier molecular flexibility index (Phi) is 24.6. The third-order valence-corrected chi connectivity index (χ3v) is 24.5. The third kappa shape index (κ3) is 17.9. The van der Waals surface area contributed by atoms with Gasteiger partial charge in [-0.05, 0) is 261 Å². The second-order valence-corrected chi connectivity index (χ2v) is 30.8. The largest absolute Gasteiger partial charge is 0.462 e. The van der Waals surface area contributed by atoms with Crippen LogP contribution in [-0.4, -0.2) is 107 Å². The number of ether oxygens (including phenoxy) is 6. The highest BCUT2D eigenvalue weighted by atomic mass is 19.1. The lowest BCUT2D eigenvalue weighted by molar-refractivity contribution is -0.145. The molecular weight excluding hydrogens is 1380 g/mol.